The summed E-state index contributed by atoms with van der Waals surface area (Å²) >= 11 is 0. The van der Waals surface area contributed by atoms with E-state index in [0.29, 0.717) is 23.5 Å². The second-order valence-corrected chi connectivity index (χ2v) is 32.4. The van der Waals surface area contributed by atoms with Gasteiger partial charge in [-0.1, -0.05) is 476 Å². The Bertz CT molecular complexity index is 4510. The molecule has 0 unspecified atom stereocenters. The van der Waals surface area contributed by atoms with Crippen molar-refractivity contribution in [3.05, 3.63) is 453 Å². The number of hydrogen-bond acceptors (Lipinski definition) is 1. The van der Waals surface area contributed by atoms with Crippen LogP contribution >= 0.6 is 0 Å². The molecule has 0 radical (unpaired) electrons. The molecule has 14 aromatic rings. The summed E-state index contributed by atoms with van der Waals surface area (Å²) in [5, 5.41) is 5.21. The van der Waals surface area contributed by atoms with Crippen LogP contribution in [0.5, 0.6) is 0 Å². The minimum atomic E-state index is 0.238. The molecule has 1 fully saturated rings. The zero-order chi connectivity index (χ0) is 78.1. The Hall–Kier alpha value is -10.7. The van der Waals surface area contributed by atoms with Crippen LogP contribution in [0, 0.1) is 19.8 Å². The number of rotatable bonds is 20. The highest BCUT2D eigenvalue weighted by Gasteiger charge is 2.22. The maximum absolute atomic E-state index is 12.2. The number of aryl methyl sites for hydroxylation is 2. The number of ketones is 1. The van der Waals surface area contributed by atoms with Gasteiger partial charge in [0.1, 0.15) is 0 Å². The van der Waals surface area contributed by atoms with Gasteiger partial charge in [0.25, 0.3) is 0 Å². The molecule has 14 aromatic carbocycles. The lowest BCUT2D eigenvalue weighted by Crippen LogP contribution is -2.10. The fourth-order valence-corrected chi connectivity index (χ4v) is 15.1. The fourth-order valence-electron chi connectivity index (χ4n) is 15.1. The summed E-state index contributed by atoms with van der Waals surface area (Å²) in [5.41, 5.74) is 21.9. The third-order valence-electron chi connectivity index (χ3n) is 21.6. The number of Topliss-reactive ketones (excluding diaryl/α,β-unsaturated/α-hetero) is 1. The van der Waals surface area contributed by atoms with E-state index in [1.54, 1.807) is 5.56 Å². The highest BCUT2D eigenvalue weighted by atomic mass is 16.1. The largest absolute Gasteiger partial charge is 0.294 e. The summed E-state index contributed by atoms with van der Waals surface area (Å²) in [4.78, 5) is 12.2. The molecule has 1 aliphatic carbocycles. The molecule has 0 aliphatic heterocycles. The van der Waals surface area contributed by atoms with Gasteiger partial charge < -0.3 is 0 Å². The highest BCUT2D eigenvalue weighted by molar-refractivity contribution is 6.00. The third kappa shape index (κ3) is 26.2. The summed E-state index contributed by atoms with van der Waals surface area (Å²) in [6.45, 7) is 22.3. The Morgan fingerprint density at radius 2 is 0.649 bits per heavy atom. The highest BCUT2D eigenvalue weighted by Crippen LogP contribution is 2.36. The average Bonchev–Trinajstić information content (AvgIpc) is 0.873. The molecule has 0 saturated heterocycles. The first-order valence-electron chi connectivity index (χ1n) is 41.1. The lowest BCUT2D eigenvalue weighted by molar-refractivity contribution is 0.0962. The van der Waals surface area contributed by atoms with E-state index in [0.717, 1.165) is 36.1 Å². The van der Waals surface area contributed by atoms with E-state index in [1.165, 1.54) is 158 Å². The lowest BCUT2D eigenvalue weighted by atomic mass is 9.85. The predicted octanol–water partition coefficient (Wildman–Crippen LogP) is 30.4. The summed E-state index contributed by atoms with van der Waals surface area (Å²) in [5.74, 6) is 2.30. The van der Waals surface area contributed by atoms with Crippen molar-refractivity contribution in [3.63, 3.8) is 0 Å². The Balaban J connectivity index is 0.000000142. The molecule has 0 spiro atoms. The van der Waals surface area contributed by atoms with Gasteiger partial charge in [-0.2, -0.15) is 0 Å². The molecule has 1 heteroatoms. The van der Waals surface area contributed by atoms with Crippen molar-refractivity contribution in [2.24, 2.45) is 5.92 Å². The molecular weight excluding hydrogens is 1340 g/mol. The van der Waals surface area contributed by atoms with Crippen LogP contribution in [0.4, 0.5) is 0 Å². The molecule has 111 heavy (non-hydrogen) atoms. The molecule has 0 bridgehead atoms. The Kier molecular flexibility index (Phi) is 32.1. The van der Waals surface area contributed by atoms with Crippen LogP contribution in [-0.4, -0.2) is 5.78 Å². The number of unbranched alkanes of at least 4 members (excludes halogenated alkanes) is 2. The molecule has 1 aliphatic rings. The van der Waals surface area contributed by atoms with Gasteiger partial charge in [-0.15, -0.1) is 0 Å². The maximum atomic E-state index is 12.2. The van der Waals surface area contributed by atoms with E-state index >= 15 is 0 Å². The first-order valence-corrected chi connectivity index (χ1v) is 41.1. The lowest BCUT2D eigenvalue weighted by Gasteiger charge is -2.19. The second kappa shape index (κ2) is 43.0. The number of benzene rings is 14. The van der Waals surface area contributed by atoms with Gasteiger partial charge in [0, 0.05) is 23.8 Å². The number of fused-ring (bicyclic) bond motifs is 2. The van der Waals surface area contributed by atoms with Crippen LogP contribution in [0.2, 0.25) is 0 Å². The Morgan fingerprint density at radius 1 is 0.333 bits per heavy atom. The quantitative estimate of drug-likeness (QED) is 0.0549. The number of hydrogen-bond donors (Lipinski definition) is 0. The molecular formula is C110H120O. The zero-order valence-electron chi connectivity index (χ0n) is 68.1. The fraction of sp³-hybridized carbons (Fsp3) is 0.264. The summed E-state index contributed by atoms with van der Waals surface area (Å²) < 4.78 is 0. The van der Waals surface area contributed by atoms with E-state index in [9.17, 15) is 4.79 Å². The van der Waals surface area contributed by atoms with Crippen LogP contribution in [0.25, 0.3) is 21.5 Å². The number of carbonyl (C=O) groups is 1. The molecule has 0 heterocycles. The molecule has 1 nitrogen and oxygen atoms in total. The Morgan fingerprint density at radius 3 is 1.00 bits per heavy atom. The second-order valence-electron chi connectivity index (χ2n) is 32.4. The topological polar surface area (TPSA) is 17.1 Å². The van der Waals surface area contributed by atoms with Gasteiger partial charge in [0.05, 0.1) is 0 Å². The van der Waals surface area contributed by atoms with Crippen LogP contribution in [-0.2, 0) is 23.7 Å². The van der Waals surface area contributed by atoms with Gasteiger partial charge in [-0.25, -0.2) is 0 Å². The minimum Gasteiger partial charge on any atom is -0.294 e. The maximum Gasteiger partial charge on any atom is 0.163 e. The summed E-state index contributed by atoms with van der Waals surface area (Å²) in [6, 6.07) is 130. The van der Waals surface area contributed by atoms with Crippen LogP contribution in [0.3, 0.4) is 0 Å². The van der Waals surface area contributed by atoms with Gasteiger partial charge >= 0.3 is 0 Å². The summed E-state index contributed by atoms with van der Waals surface area (Å²) in [6.07, 6.45) is 15.8. The monoisotopic (exact) mass is 1460 g/mol. The Labute approximate surface area is 668 Å². The van der Waals surface area contributed by atoms with Crippen LogP contribution in [0.15, 0.2) is 364 Å². The molecule has 0 atom stereocenters. The first-order chi connectivity index (χ1) is 54.0. The summed E-state index contributed by atoms with van der Waals surface area (Å²) in [7, 11) is 0. The molecule has 15 rings (SSSR count). The van der Waals surface area contributed by atoms with Crippen molar-refractivity contribution in [1.29, 1.82) is 0 Å². The standard InChI is InChI=1S/2C19H16.C19H26.2C18H22.C17H18O/c2*1-4-10-16(11-5-1)19(17-12-6-2-7-13-17)18-14-8-3-9-15-18;1-3-5-10-16(11-6-4-2)19-15-9-13-17-12-7-8-14-18(17)19;2*1-14-5-7-15(8-6-14)13-16-9-11-17(12-10-16)18(2,3)4;18-17(11-13-5-1-2-6-13)16-10-9-14-7-3-4-8-15(14)12-16/h2*1-15,19H;7-9,12-16H,3-6,10-11H2,1-2H3;2*5-12H,13H2,1-4H3;3-4,7-10,12-13H,1-2,5-6,11H2. The normalized spacial score (nSPS) is 11.9. The third-order valence-corrected chi connectivity index (χ3v) is 21.6. The van der Waals surface area contributed by atoms with Crippen molar-refractivity contribution in [3.8, 4) is 0 Å². The smallest absolute Gasteiger partial charge is 0.163 e. The van der Waals surface area contributed by atoms with Crippen LogP contribution < -0.4 is 0 Å². The van der Waals surface area contributed by atoms with Gasteiger partial charge in [0.2, 0.25) is 0 Å². The van der Waals surface area contributed by atoms with E-state index in [-0.39, 0.29) is 10.8 Å². The van der Waals surface area contributed by atoms with E-state index in [2.05, 4.69) is 409 Å². The number of carbonyl (C=O) groups excluding carboxylic acids is 1. The van der Waals surface area contributed by atoms with Crippen molar-refractivity contribution in [2.45, 2.75) is 181 Å². The minimum absolute atomic E-state index is 0.238. The van der Waals surface area contributed by atoms with Crippen molar-refractivity contribution < 1.29 is 4.79 Å². The molecule has 0 amide bonds. The van der Waals surface area contributed by atoms with E-state index in [1.807, 2.05) is 24.3 Å². The molecule has 566 valence electrons. The van der Waals surface area contributed by atoms with E-state index in [4.69, 9.17) is 0 Å². The van der Waals surface area contributed by atoms with Crippen LogP contribution in [0.1, 0.15) is 238 Å². The molecule has 0 N–H and O–H groups in total. The van der Waals surface area contributed by atoms with Gasteiger partial charge in [0.15, 0.2) is 5.78 Å². The van der Waals surface area contributed by atoms with Gasteiger partial charge in [-0.3, -0.25) is 4.79 Å². The molecule has 1 saturated carbocycles. The van der Waals surface area contributed by atoms with Gasteiger partial charge in [-0.05, 0) is 162 Å². The van der Waals surface area contributed by atoms with Crippen molar-refractivity contribution >= 4 is 27.3 Å². The predicted molar refractivity (Wildman–Crippen MR) is 479 cm³/mol. The zero-order valence-corrected chi connectivity index (χ0v) is 68.1. The van der Waals surface area contributed by atoms with E-state index < -0.39 is 0 Å². The average molecular weight is 1460 g/mol. The molecule has 0 aromatic heterocycles. The van der Waals surface area contributed by atoms with Crippen molar-refractivity contribution in [2.75, 3.05) is 0 Å². The SMILES string of the molecule is CCCCC(CCCC)c1cccc2ccccc12.Cc1ccc(Cc2ccc(C(C)(C)C)cc2)cc1.Cc1ccc(Cc2ccc(C(C)(C)C)cc2)cc1.O=C(CC1CCCC1)c1ccc2ccccc2c1.c1ccc(C(c2ccccc2)c2ccccc2)cc1.c1ccc(C(c2ccccc2)c2ccccc2)cc1. The first kappa shape index (κ1) is 82.8. The van der Waals surface area contributed by atoms with Crippen molar-refractivity contribution in [1.82, 2.24) is 0 Å².